The Morgan fingerprint density at radius 3 is 1.96 bits per heavy atom. The van der Waals surface area contributed by atoms with Gasteiger partial charge >= 0.3 is 0 Å². The van der Waals surface area contributed by atoms with Crippen molar-refractivity contribution in [3.8, 4) is 0 Å². The number of hydrogen-bond donors (Lipinski definition) is 8. The third-order valence-electron chi connectivity index (χ3n) is 4.14. The van der Waals surface area contributed by atoms with Gasteiger partial charge in [0.1, 0.15) is 36.6 Å². The highest BCUT2D eigenvalue weighted by molar-refractivity contribution is 4.95. The van der Waals surface area contributed by atoms with Gasteiger partial charge in [-0.15, -0.1) is 0 Å². The summed E-state index contributed by atoms with van der Waals surface area (Å²) in [7, 11) is 0. The Kier molecular flexibility index (Phi) is 6.27. The largest absolute Gasteiger partial charge is 0.394 e. The van der Waals surface area contributed by atoms with E-state index in [2.05, 4.69) is 0 Å². The normalized spacial score (nSPS) is 51.7. The van der Waals surface area contributed by atoms with Gasteiger partial charge in [0.15, 0.2) is 12.6 Å². The first kappa shape index (κ1) is 18.9. The van der Waals surface area contributed by atoms with Crippen molar-refractivity contribution in [3.63, 3.8) is 0 Å². The highest BCUT2D eigenvalue weighted by Crippen LogP contribution is 2.27. The summed E-state index contributed by atoms with van der Waals surface area (Å²) in [6, 6.07) is -2.37. The van der Waals surface area contributed by atoms with Crippen LogP contribution in [-0.2, 0) is 14.2 Å². The third kappa shape index (κ3) is 3.65. The summed E-state index contributed by atoms with van der Waals surface area (Å²) in [4.78, 5) is 0. The zero-order chi connectivity index (χ0) is 17.3. The van der Waals surface area contributed by atoms with Gasteiger partial charge in [0.05, 0.1) is 25.3 Å². The van der Waals surface area contributed by atoms with Crippen molar-refractivity contribution in [1.82, 2.24) is 0 Å². The predicted molar refractivity (Wildman–Crippen MR) is 72.6 cm³/mol. The van der Waals surface area contributed by atoms with Gasteiger partial charge in [0.2, 0.25) is 0 Å². The van der Waals surface area contributed by atoms with Gasteiger partial charge in [0.25, 0.3) is 0 Å². The minimum absolute atomic E-state index is 0.581. The van der Waals surface area contributed by atoms with Gasteiger partial charge in [-0.25, -0.2) is 0 Å². The lowest BCUT2D eigenvalue weighted by Crippen LogP contribution is -2.67. The Hall–Kier alpha value is -0.440. The maximum Gasteiger partial charge on any atom is 0.176 e. The zero-order valence-electron chi connectivity index (χ0n) is 12.3. The van der Waals surface area contributed by atoms with Crippen LogP contribution in [0, 0.1) is 0 Å². The van der Waals surface area contributed by atoms with E-state index in [0.29, 0.717) is 0 Å². The highest BCUT2D eigenvalue weighted by atomic mass is 16.7. The number of ether oxygens (including phenoxy) is 3. The first-order valence-electron chi connectivity index (χ1n) is 7.23. The summed E-state index contributed by atoms with van der Waals surface area (Å²) in [6.07, 6.45) is -10.5. The van der Waals surface area contributed by atoms with Gasteiger partial charge in [-0.1, -0.05) is 0 Å². The van der Waals surface area contributed by atoms with Crippen molar-refractivity contribution in [2.45, 2.75) is 61.3 Å². The molecule has 0 bridgehead atoms. The molecule has 0 aromatic rings. The molecule has 10 N–H and O–H groups in total. The Morgan fingerprint density at radius 1 is 0.783 bits per heavy atom. The monoisotopic (exact) mass is 340 g/mol. The molecule has 0 amide bonds. The lowest BCUT2D eigenvalue weighted by molar-refractivity contribution is -0.324. The molecule has 0 saturated carbocycles. The molecule has 23 heavy (non-hydrogen) atoms. The lowest BCUT2D eigenvalue weighted by atomic mass is 9.95. The number of aliphatic hydroxyl groups excluding tert-OH is 6. The summed E-state index contributed by atoms with van der Waals surface area (Å²) >= 11 is 0. The van der Waals surface area contributed by atoms with Gasteiger partial charge in [-0.2, -0.15) is 0 Å². The first-order valence-corrected chi connectivity index (χ1v) is 7.23. The van der Waals surface area contributed by atoms with Crippen molar-refractivity contribution in [3.05, 3.63) is 0 Å². The quantitative estimate of drug-likeness (QED) is 0.242. The second-order valence-electron chi connectivity index (χ2n) is 5.70. The van der Waals surface area contributed by atoms with Crippen molar-refractivity contribution in [2.24, 2.45) is 11.5 Å². The van der Waals surface area contributed by atoms with E-state index in [4.69, 9.17) is 30.8 Å². The van der Waals surface area contributed by atoms with E-state index in [-0.39, 0.29) is 0 Å². The van der Waals surface area contributed by atoms with Crippen LogP contribution in [0.3, 0.4) is 0 Å². The molecular weight excluding hydrogens is 316 g/mol. The molecule has 0 radical (unpaired) electrons. The van der Waals surface area contributed by atoms with Crippen molar-refractivity contribution in [2.75, 3.05) is 13.2 Å². The fraction of sp³-hybridized carbons (Fsp3) is 1.00. The average molecular weight is 340 g/mol. The summed E-state index contributed by atoms with van der Waals surface area (Å²) < 4.78 is 15.8. The van der Waals surface area contributed by atoms with E-state index >= 15 is 0 Å². The minimum atomic E-state index is -1.49. The molecule has 11 heteroatoms. The third-order valence-corrected chi connectivity index (χ3v) is 4.14. The second-order valence-corrected chi connectivity index (χ2v) is 5.70. The van der Waals surface area contributed by atoms with E-state index in [1.54, 1.807) is 0 Å². The Bertz CT molecular complexity index is 386. The van der Waals surface area contributed by atoms with Gasteiger partial charge < -0.3 is 56.3 Å². The molecule has 0 aliphatic carbocycles. The smallest absolute Gasteiger partial charge is 0.176 e. The molecule has 2 aliphatic rings. The number of rotatable bonds is 4. The van der Waals surface area contributed by atoms with Crippen LogP contribution >= 0.6 is 0 Å². The average Bonchev–Trinajstić information content (AvgIpc) is 2.55. The molecular formula is C12H24N2O9. The van der Waals surface area contributed by atoms with E-state index < -0.39 is 74.5 Å². The maximum atomic E-state index is 10.1. The van der Waals surface area contributed by atoms with E-state index in [1.165, 1.54) is 0 Å². The molecule has 2 heterocycles. The molecule has 2 rings (SSSR count). The Morgan fingerprint density at radius 2 is 1.39 bits per heavy atom. The molecule has 2 aliphatic heterocycles. The van der Waals surface area contributed by atoms with Crippen LogP contribution in [-0.4, -0.2) is 105 Å². The molecule has 2 fully saturated rings. The van der Waals surface area contributed by atoms with Crippen LogP contribution in [0.4, 0.5) is 0 Å². The van der Waals surface area contributed by atoms with Crippen LogP contribution in [0.25, 0.3) is 0 Å². The summed E-state index contributed by atoms with van der Waals surface area (Å²) in [5.74, 6) is 0. The molecule has 136 valence electrons. The predicted octanol–water partition coefficient (Wildman–Crippen LogP) is -5.46. The molecule has 0 aromatic carbocycles. The fourth-order valence-electron chi connectivity index (χ4n) is 2.65. The second kappa shape index (κ2) is 7.63. The Labute approximate surface area is 132 Å². The SMILES string of the molecule is N[C@H]1[C@@H](O)OC(CO)C(OC2OC(CO)C(O)[C@H](O)[C@@H]2N)[C@@H]1O. The fourth-order valence-corrected chi connectivity index (χ4v) is 2.65. The molecule has 5 unspecified atom stereocenters. The van der Waals surface area contributed by atoms with Gasteiger partial charge in [-0.05, 0) is 0 Å². The van der Waals surface area contributed by atoms with Crippen molar-refractivity contribution in [1.29, 1.82) is 0 Å². The van der Waals surface area contributed by atoms with Crippen molar-refractivity contribution < 1.29 is 44.8 Å². The minimum Gasteiger partial charge on any atom is -0.394 e. The van der Waals surface area contributed by atoms with E-state index in [9.17, 15) is 25.5 Å². The molecule has 11 nitrogen and oxygen atoms in total. The molecule has 0 aromatic heterocycles. The van der Waals surface area contributed by atoms with Crippen LogP contribution in [0.1, 0.15) is 0 Å². The Balaban J connectivity index is 2.11. The summed E-state index contributed by atoms with van der Waals surface area (Å²) in [6.45, 7) is -1.17. The van der Waals surface area contributed by atoms with Crippen LogP contribution in [0.5, 0.6) is 0 Å². The number of aliphatic hydroxyl groups is 6. The topological polar surface area (TPSA) is 201 Å². The summed E-state index contributed by atoms with van der Waals surface area (Å²) in [5.41, 5.74) is 11.3. The number of nitrogens with two attached hydrogens (primary N) is 2. The van der Waals surface area contributed by atoms with Crippen LogP contribution in [0.15, 0.2) is 0 Å². The standard InChI is InChI=1S/C12H24N2O9/c13-5-9(19)10(4(2-16)21-11(5)20)23-12-6(14)8(18)7(17)3(1-15)22-12/h3-12,15-20H,1-2,13-14H2/t3?,4?,5-,6+,7?,8-,9-,10?,11+,12?/m1/s1. The molecule has 10 atom stereocenters. The lowest BCUT2D eigenvalue weighted by Gasteiger charge is -2.45. The maximum absolute atomic E-state index is 10.1. The van der Waals surface area contributed by atoms with Crippen LogP contribution in [0.2, 0.25) is 0 Å². The van der Waals surface area contributed by atoms with E-state index in [0.717, 1.165) is 0 Å². The molecule has 2 saturated heterocycles. The van der Waals surface area contributed by atoms with Crippen molar-refractivity contribution >= 4 is 0 Å². The highest BCUT2D eigenvalue weighted by Gasteiger charge is 2.49. The van der Waals surface area contributed by atoms with E-state index in [1.807, 2.05) is 0 Å². The molecule has 0 spiro atoms. The summed E-state index contributed by atoms with van der Waals surface area (Å²) in [5, 5.41) is 57.7. The van der Waals surface area contributed by atoms with Gasteiger partial charge in [-0.3, -0.25) is 0 Å². The van der Waals surface area contributed by atoms with Crippen LogP contribution < -0.4 is 11.5 Å². The zero-order valence-corrected chi connectivity index (χ0v) is 12.3. The van der Waals surface area contributed by atoms with Gasteiger partial charge in [0, 0.05) is 0 Å². The first-order chi connectivity index (χ1) is 10.8. The number of hydrogen-bond acceptors (Lipinski definition) is 11.